The highest BCUT2D eigenvalue weighted by atomic mass is 35.5. The molecule has 0 amide bonds. The third-order valence-electron chi connectivity index (χ3n) is 7.68. The highest BCUT2D eigenvalue weighted by molar-refractivity contribution is 6.33. The summed E-state index contributed by atoms with van der Waals surface area (Å²) in [4.78, 5) is 25.1. The van der Waals surface area contributed by atoms with Crippen molar-refractivity contribution in [1.82, 2.24) is 9.78 Å². The Balaban J connectivity index is 1.49. The number of nitrogens with zero attached hydrogens (tertiary/aromatic N) is 2. The maximum absolute atomic E-state index is 13.4. The number of aromatic nitrogens is 2. The molecule has 1 aromatic carbocycles. The zero-order chi connectivity index (χ0) is 23.4. The molecule has 6 rings (SSSR count). The van der Waals surface area contributed by atoms with Crippen LogP contribution in [0.4, 0.5) is 11.4 Å². The number of methoxy groups -OCH3 is 2. The second kappa shape index (κ2) is 7.94. The number of carboxylic acids is 1. The molecule has 1 aromatic heterocycles. The van der Waals surface area contributed by atoms with Crippen molar-refractivity contribution >= 4 is 28.9 Å². The summed E-state index contributed by atoms with van der Waals surface area (Å²) in [5, 5.41) is 17.3. The van der Waals surface area contributed by atoms with Crippen LogP contribution in [-0.4, -0.2) is 35.1 Å². The number of carboxylic acid groups (broad SMARTS) is 1. The second-order valence-corrected chi connectivity index (χ2v) is 10.4. The van der Waals surface area contributed by atoms with Crippen LogP contribution in [0.25, 0.3) is 0 Å². The van der Waals surface area contributed by atoms with E-state index in [1.54, 1.807) is 43.3 Å². The fraction of sp³-hybridized carbons (Fsp3) is 0.542. The van der Waals surface area contributed by atoms with Gasteiger partial charge in [0.2, 0.25) is 0 Å². The first-order chi connectivity index (χ1) is 15.7. The molecular weight excluding hydrogens is 446 g/mol. The number of aliphatic carboxylic acids is 1. The molecule has 0 unspecified atom stereocenters. The lowest BCUT2D eigenvalue weighted by Crippen LogP contribution is -2.59. The first kappa shape index (κ1) is 22.1. The molecule has 8 nitrogen and oxygen atoms in total. The Bertz CT molecular complexity index is 1130. The summed E-state index contributed by atoms with van der Waals surface area (Å²) in [5.41, 5.74) is -0.000319. The zero-order valence-electron chi connectivity index (χ0n) is 18.8. The summed E-state index contributed by atoms with van der Waals surface area (Å²) in [6.07, 6.45) is 7.08. The van der Waals surface area contributed by atoms with Crippen LogP contribution in [0, 0.1) is 17.3 Å². The van der Waals surface area contributed by atoms with E-state index >= 15 is 0 Å². The summed E-state index contributed by atoms with van der Waals surface area (Å²) in [5.74, 6) is 1.30. The van der Waals surface area contributed by atoms with Crippen molar-refractivity contribution in [2.75, 3.05) is 19.5 Å². The molecule has 9 heteroatoms. The van der Waals surface area contributed by atoms with E-state index < -0.39 is 11.5 Å². The molecule has 4 saturated carbocycles. The Morgan fingerprint density at radius 2 is 1.82 bits per heavy atom. The molecule has 176 valence electrons. The lowest BCUT2D eigenvalue weighted by molar-refractivity contribution is -0.151. The first-order valence-electron chi connectivity index (χ1n) is 11.2. The standard InChI is InChI=1S/C24H28ClN3O5/c1-32-17-4-16(5-18(6-17)33-2)27-19-12-26-28(22(31)21(19)25)24-9-14-3-15(10-24)8-23(7-14,13-24)11-20(29)30/h4-6,12,14-15,27H,3,7-11,13H2,1-2H3,(H,29,30)/t14-,15-,23?,24?/m0/s1. The molecule has 0 radical (unpaired) electrons. The molecular formula is C24H28ClN3O5. The minimum absolute atomic E-state index is 0.0646. The van der Waals surface area contributed by atoms with Gasteiger partial charge in [-0.3, -0.25) is 9.59 Å². The van der Waals surface area contributed by atoms with Crippen molar-refractivity contribution < 1.29 is 19.4 Å². The molecule has 4 aliphatic carbocycles. The third kappa shape index (κ3) is 3.84. The van der Waals surface area contributed by atoms with Crippen LogP contribution < -0.4 is 20.3 Å². The van der Waals surface area contributed by atoms with Crippen molar-refractivity contribution in [2.24, 2.45) is 17.3 Å². The number of anilines is 2. The molecule has 4 aliphatic rings. The fourth-order valence-corrected chi connectivity index (χ4v) is 7.25. The van der Waals surface area contributed by atoms with Gasteiger partial charge in [-0.1, -0.05) is 11.6 Å². The number of ether oxygens (including phenoxy) is 2. The van der Waals surface area contributed by atoms with E-state index in [2.05, 4.69) is 10.4 Å². The van der Waals surface area contributed by atoms with E-state index in [4.69, 9.17) is 21.1 Å². The lowest BCUT2D eigenvalue weighted by Gasteiger charge is -2.61. The summed E-state index contributed by atoms with van der Waals surface area (Å²) >= 11 is 6.56. The van der Waals surface area contributed by atoms with Gasteiger partial charge in [-0.2, -0.15) is 5.10 Å². The lowest BCUT2D eigenvalue weighted by atomic mass is 9.46. The molecule has 0 aliphatic heterocycles. The average Bonchev–Trinajstić information content (AvgIpc) is 2.74. The topological polar surface area (TPSA) is 103 Å². The van der Waals surface area contributed by atoms with Gasteiger partial charge in [-0.05, 0) is 55.8 Å². The Labute approximate surface area is 196 Å². The van der Waals surface area contributed by atoms with Gasteiger partial charge < -0.3 is 19.9 Å². The van der Waals surface area contributed by atoms with E-state index in [9.17, 15) is 14.7 Å². The van der Waals surface area contributed by atoms with Crippen LogP contribution in [0.1, 0.15) is 44.9 Å². The second-order valence-electron chi connectivity index (χ2n) is 10.1. The highest BCUT2D eigenvalue weighted by Crippen LogP contribution is 2.65. The fourth-order valence-electron chi connectivity index (χ4n) is 7.07. The minimum Gasteiger partial charge on any atom is -0.497 e. The third-order valence-corrected chi connectivity index (χ3v) is 8.04. The Kier molecular flexibility index (Phi) is 5.31. The molecule has 2 aromatic rings. The van der Waals surface area contributed by atoms with Gasteiger partial charge in [0.05, 0.1) is 38.1 Å². The summed E-state index contributed by atoms with van der Waals surface area (Å²) in [6, 6.07) is 5.31. The van der Waals surface area contributed by atoms with Crippen molar-refractivity contribution in [3.05, 3.63) is 39.8 Å². The molecule has 33 heavy (non-hydrogen) atoms. The minimum atomic E-state index is -0.765. The molecule has 4 bridgehead atoms. The van der Waals surface area contributed by atoms with E-state index in [-0.39, 0.29) is 22.4 Å². The van der Waals surface area contributed by atoms with E-state index in [1.807, 2.05) is 0 Å². The van der Waals surface area contributed by atoms with Crippen molar-refractivity contribution in [1.29, 1.82) is 0 Å². The van der Waals surface area contributed by atoms with E-state index in [0.29, 0.717) is 41.1 Å². The van der Waals surface area contributed by atoms with Crippen LogP contribution in [-0.2, 0) is 10.3 Å². The normalized spacial score (nSPS) is 29.7. The monoisotopic (exact) mass is 473 g/mol. The predicted octanol–water partition coefficient (Wildman–Crippen LogP) is 4.43. The molecule has 2 N–H and O–H groups in total. The number of hydrogen-bond acceptors (Lipinski definition) is 6. The maximum Gasteiger partial charge on any atom is 0.303 e. The summed E-state index contributed by atoms with van der Waals surface area (Å²) in [6.45, 7) is 0. The van der Waals surface area contributed by atoms with Gasteiger partial charge in [0.25, 0.3) is 5.56 Å². The summed E-state index contributed by atoms with van der Waals surface area (Å²) < 4.78 is 12.2. The number of carbonyl (C=O) groups is 1. The van der Waals surface area contributed by atoms with Gasteiger partial charge in [-0.25, -0.2) is 4.68 Å². The van der Waals surface area contributed by atoms with Gasteiger partial charge in [0, 0.05) is 23.9 Å². The highest BCUT2D eigenvalue weighted by Gasteiger charge is 2.59. The number of nitrogens with one attached hydrogen (secondary N) is 1. The largest absolute Gasteiger partial charge is 0.497 e. The Morgan fingerprint density at radius 1 is 1.18 bits per heavy atom. The van der Waals surface area contributed by atoms with Gasteiger partial charge in [-0.15, -0.1) is 0 Å². The number of rotatable bonds is 7. The number of hydrogen-bond donors (Lipinski definition) is 2. The van der Waals surface area contributed by atoms with E-state index in [1.165, 1.54) is 0 Å². The molecule has 2 atom stereocenters. The quantitative estimate of drug-likeness (QED) is 0.613. The van der Waals surface area contributed by atoms with Crippen LogP contribution in [0.15, 0.2) is 29.2 Å². The average molecular weight is 474 g/mol. The predicted molar refractivity (Wildman–Crippen MR) is 124 cm³/mol. The van der Waals surface area contributed by atoms with Crippen LogP contribution in [0.3, 0.4) is 0 Å². The SMILES string of the molecule is COc1cc(Nc2cnn(C34C[C@H]5C[C@@H](CC(CC(=O)O)(C5)C3)C4)c(=O)c2Cl)cc(OC)c1. The Morgan fingerprint density at radius 3 is 2.39 bits per heavy atom. The van der Waals surface area contributed by atoms with Crippen molar-refractivity contribution in [3.8, 4) is 11.5 Å². The summed E-state index contributed by atoms with van der Waals surface area (Å²) in [7, 11) is 3.13. The van der Waals surface area contributed by atoms with Gasteiger partial charge >= 0.3 is 5.97 Å². The van der Waals surface area contributed by atoms with Crippen LogP contribution >= 0.6 is 11.6 Å². The van der Waals surface area contributed by atoms with Crippen LogP contribution in [0.2, 0.25) is 5.02 Å². The van der Waals surface area contributed by atoms with Crippen molar-refractivity contribution in [2.45, 2.75) is 50.5 Å². The zero-order valence-corrected chi connectivity index (χ0v) is 19.5. The van der Waals surface area contributed by atoms with E-state index in [0.717, 1.165) is 32.1 Å². The van der Waals surface area contributed by atoms with Gasteiger partial charge in [0.1, 0.15) is 16.5 Å². The molecule has 1 heterocycles. The molecule has 4 fully saturated rings. The smallest absolute Gasteiger partial charge is 0.303 e. The first-order valence-corrected chi connectivity index (χ1v) is 11.6. The van der Waals surface area contributed by atoms with Gasteiger partial charge in [0.15, 0.2) is 0 Å². The number of halogens is 1. The van der Waals surface area contributed by atoms with Crippen LogP contribution in [0.5, 0.6) is 11.5 Å². The molecule has 0 spiro atoms. The molecule has 0 saturated heterocycles. The maximum atomic E-state index is 13.4. The Hall–Kier alpha value is -2.74. The number of benzene rings is 1. The van der Waals surface area contributed by atoms with Crippen molar-refractivity contribution in [3.63, 3.8) is 0 Å².